The normalized spacial score (nSPS) is 18.0. The molecule has 0 bridgehead atoms. The number of nitrogens with zero attached hydrogens (tertiary/aromatic N) is 4. The van der Waals surface area contributed by atoms with Crippen LogP contribution in [0.15, 0.2) is 59.3 Å². The second-order valence-corrected chi connectivity index (χ2v) is 6.71. The van der Waals surface area contributed by atoms with E-state index in [2.05, 4.69) is 27.3 Å². The fraction of sp³-hybridized carbons (Fsp3) is 0.300. The van der Waals surface area contributed by atoms with E-state index in [-0.39, 0.29) is 42.7 Å². The minimum Gasteiger partial charge on any atom is -0.340 e. The summed E-state index contributed by atoms with van der Waals surface area (Å²) >= 11 is 0. The number of likely N-dealkylation sites (tertiary alicyclic amines) is 1. The van der Waals surface area contributed by atoms with Gasteiger partial charge in [0.15, 0.2) is 0 Å². The van der Waals surface area contributed by atoms with Gasteiger partial charge in [-0.15, -0.1) is 24.8 Å². The van der Waals surface area contributed by atoms with Crippen LogP contribution in [0.3, 0.4) is 0 Å². The Labute approximate surface area is 181 Å². The molecule has 3 heterocycles. The van der Waals surface area contributed by atoms with Crippen molar-refractivity contribution in [1.29, 1.82) is 0 Å². The van der Waals surface area contributed by atoms with Gasteiger partial charge in [0.05, 0.1) is 0 Å². The van der Waals surface area contributed by atoms with Crippen molar-refractivity contribution in [3.8, 4) is 11.5 Å². The first-order valence-electron chi connectivity index (χ1n) is 9.03. The van der Waals surface area contributed by atoms with Crippen LogP contribution in [0, 0.1) is 0 Å². The van der Waals surface area contributed by atoms with Crippen LogP contribution in [0.4, 0.5) is 0 Å². The van der Waals surface area contributed by atoms with Gasteiger partial charge in [0.2, 0.25) is 17.6 Å². The molecule has 2 aromatic heterocycles. The van der Waals surface area contributed by atoms with Crippen LogP contribution in [-0.4, -0.2) is 45.1 Å². The maximum Gasteiger partial charge on any atom is 0.227 e. The molecule has 9 heteroatoms. The Morgan fingerprint density at radius 3 is 2.59 bits per heavy atom. The first kappa shape index (κ1) is 22.8. The second kappa shape index (κ2) is 10.3. The second-order valence-electron chi connectivity index (χ2n) is 6.71. The molecular formula is C20H23Cl2N5O2. The van der Waals surface area contributed by atoms with Crippen LogP contribution in [0.1, 0.15) is 23.8 Å². The van der Waals surface area contributed by atoms with Gasteiger partial charge in [0, 0.05) is 44.1 Å². The highest BCUT2D eigenvalue weighted by atomic mass is 35.5. The molecule has 1 saturated heterocycles. The predicted molar refractivity (Wildman–Crippen MR) is 114 cm³/mol. The Morgan fingerprint density at radius 2 is 1.86 bits per heavy atom. The minimum absolute atomic E-state index is 0. The number of rotatable bonds is 5. The fourth-order valence-corrected chi connectivity index (χ4v) is 3.41. The van der Waals surface area contributed by atoms with E-state index in [0.29, 0.717) is 43.3 Å². The average molecular weight is 436 g/mol. The van der Waals surface area contributed by atoms with Crippen molar-refractivity contribution in [2.75, 3.05) is 13.1 Å². The molecule has 1 aliphatic rings. The standard InChI is InChI=1S/C20H21N5O2.2ClH/c21-16-13-25(12-15(16)14-6-2-1-3-7-14)19(26)10-9-18-23-20(24-27-18)17-8-4-5-11-22-17;;/h1-8,11,15-16H,9-10,12-13,21H2;2*1H/t15-,16+;;/m0../s1. The molecule has 7 nitrogen and oxygen atoms in total. The Kier molecular flexibility index (Phi) is 8.13. The van der Waals surface area contributed by atoms with Crippen LogP contribution < -0.4 is 5.73 Å². The lowest BCUT2D eigenvalue weighted by Gasteiger charge is -2.16. The fourth-order valence-electron chi connectivity index (χ4n) is 3.41. The lowest BCUT2D eigenvalue weighted by Crippen LogP contribution is -2.32. The van der Waals surface area contributed by atoms with Crippen molar-refractivity contribution in [3.05, 3.63) is 66.2 Å². The summed E-state index contributed by atoms with van der Waals surface area (Å²) in [5.41, 5.74) is 8.10. The number of amides is 1. The molecule has 0 radical (unpaired) electrons. The van der Waals surface area contributed by atoms with Gasteiger partial charge in [-0.05, 0) is 17.7 Å². The number of aromatic nitrogens is 3. The van der Waals surface area contributed by atoms with E-state index >= 15 is 0 Å². The largest absolute Gasteiger partial charge is 0.340 e. The van der Waals surface area contributed by atoms with E-state index in [1.807, 2.05) is 41.3 Å². The topological polar surface area (TPSA) is 98.1 Å². The number of carbonyl (C=O) groups excluding carboxylic acids is 1. The first-order valence-corrected chi connectivity index (χ1v) is 9.03. The summed E-state index contributed by atoms with van der Waals surface area (Å²) in [4.78, 5) is 22.9. The monoisotopic (exact) mass is 435 g/mol. The van der Waals surface area contributed by atoms with E-state index in [1.54, 1.807) is 6.20 Å². The summed E-state index contributed by atoms with van der Waals surface area (Å²) in [5, 5.41) is 3.93. The van der Waals surface area contributed by atoms with Crippen LogP contribution in [0.2, 0.25) is 0 Å². The third-order valence-electron chi connectivity index (χ3n) is 4.86. The number of carbonyl (C=O) groups is 1. The smallest absolute Gasteiger partial charge is 0.227 e. The number of hydrogen-bond acceptors (Lipinski definition) is 6. The molecule has 0 unspecified atom stereocenters. The summed E-state index contributed by atoms with van der Waals surface area (Å²) in [5.74, 6) is 1.10. The number of nitrogens with two attached hydrogens (primary N) is 1. The molecule has 1 aromatic carbocycles. The quantitative estimate of drug-likeness (QED) is 0.661. The first-order chi connectivity index (χ1) is 13.2. The maximum atomic E-state index is 12.6. The molecule has 1 aliphatic heterocycles. The SMILES string of the molecule is Cl.Cl.N[C@@H]1CN(C(=O)CCc2nc(-c3ccccn3)no2)C[C@H]1c1ccccc1. The molecule has 0 aliphatic carbocycles. The molecule has 0 spiro atoms. The summed E-state index contributed by atoms with van der Waals surface area (Å²) in [6, 6.07) is 15.6. The van der Waals surface area contributed by atoms with Gasteiger partial charge in [-0.25, -0.2) is 0 Å². The zero-order valence-electron chi connectivity index (χ0n) is 15.7. The predicted octanol–water partition coefficient (Wildman–Crippen LogP) is 2.86. The highest BCUT2D eigenvalue weighted by molar-refractivity contribution is 5.85. The summed E-state index contributed by atoms with van der Waals surface area (Å²) in [6.07, 6.45) is 2.40. The van der Waals surface area contributed by atoms with Crippen molar-refractivity contribution in [1.82, 2.24) is 20.0 Å². The highest BCUT2D eigenvalue weighted by Gasteiger charge is 2.33. The Bertz CT molecular complexity index is 908. The molecule has 4 rings (SSSR count). The summed E-state index contributed by atoms with van der Waals surface area (Å²) < 4.78 is 5.25. The van der Waals surface area contributed by atoms with Gasteiger partial charge < -0.3 is 15.2 Å². The van der Waals surface area contributed by atoms with Gasteiger partial charge in [-0.3, -0.25) is 9.78 Å². The lowest BCUT2D eigenvalue weighted by atomic mass is 9.95. The molecule has 29 heavy (non-hydrogen) atoms. The van der Waals surface area contributed by atoms with Gasteiger partial charge in [-0.1, -0.05) is 41.6 Å². The van der Waals surface area contributed by atoms with E-state index in [4.69, 9.17) is 10.3 Å². The van der Waals surface area contributed by atoms with Crippen LogP contribution >= 0.6 is 24.8 Å². The van der Waals surface area contributed by atoms with Crippen LogP contribution in [0.5, 0.6) is 0 Å². The zero-order chi connectivity index (χ0) is 18.6. The maximum absolute atomic E-state index is 12.6. The number of benzene rings is 1. The van der Waals surface area contributed by atoms with Crippen molar-refractivity contribution in [2.45, 2.75) is 24.8 Å². The molecule has 2 N–H and O–H groups in total. The van der Waals surface area contributed by atoms with Crippen molar-refractivity contribution in [2.24, 2.45) is 5.73 Å². The molecule has 2 atom stereocenters. The third kappa shape index (κ3) is 5.32. The van der Waals surface area contributed by atoms with Crippen LogP contribution in [-0.2, 0) is 11.2 Å². The lowest BCUT2D eigenvalue weighted by molar-refractivity contribution is -0.130. The Hall–Kier alpha value is -2.48. The molecule has 3 aromatic rings. The number of hydrogen-bond donors (Lipinski definition) is 1. The van der Waals surface area contributed by atoms with Crippen molar-refractivity contribution < 1.29 is 9.32 Å². The van der Waals surface area contributed by atoms with Crippen molar-refractivity contribution in [3.63, 3.8) is 0 Å². The third-order valence-corrected chi connectivity index (χ3v) is 4.86. The molecular weight excluding hydrogens is 413 g/mol. The van der Waals surface area contributed by atoms with E-state index in [1.165, 1.54) is 5.56 Å². The minimum atomic E-state index is -0.0458. The molecule has 1 fully saturated rings. The highest BCUT2D eigenvalue weighted by Crippen LogP contribution is 2.27. The molecule has 154 valence electrons. The van der Waals surface area contributed by atoms with Crippen molar-refractivity contribution >= 4 is 30.7 Å². The van der Waals surface area contributed by atoms with E-state index < -0.39 is 0 Å². The number of aryl methyl sites for hydroxylation is 1. The Balaban J connectivity index is 0.00000150. The number of halogens is 2. The summed E-state index contributed by atoms with van der Waals surface area (Å²) in [7, 11) is 0. The van der Waals surface area contributed by atoms with E-state index in [9.17, 15) is 4.79 Å². The Morgan fingerprint density at radius 1 is 1.10 bits per heavy atom. The zero-order valence-corrected chi connectivity index (χ0v) is 17.3. The molecule has 0 saturated carbocycles. The molecule has 1 amide bonds. The van der Waals surface area contributed by atoms with Gasteiger partial charge >= 0.3 is 0 Å². The van der Waals surface area contributed by atoms with Gasteiger partial charge in [0.25, 0.3) is 0 Å². The van der Waals surface area contributed by atoms with Gasteiger partial charge in [0.1, 0.15) is 5.69 Å². The average Bonchev–Trinajstić information content (AvgIpc) is 3.34. The van der Waals surface area contributed by atoms with E-state index in [0.717, 1.165) is 0 Å². The van der Waals surface area contributed by atoms with Gasteiger partial charge in [-0.2, -0.15) is 4.98 Å². The van der Waals surface area contributed by atoms with Crippen LogP contribution in [0.25, 0.3) is 11.5 Å². The summed E-state index contributed by atoms with van der Waals surface area (Å²) in [6.45, 7) is 1.22. The number of pyridine rings is 1.